The van der Waals surface area contributed by atoms with Crippen molar-refractivity contribution in [3.63, 3.8) is 0 Å². The van der Waals surface area contributed by atoms with Crippen LogP contribution in [0.4, 0.5) is 10.5 Å². The molecule has 0 saturated carbocycles. The summed E-state index contributed by atoms with van der Waals surface area (Å²) in [5.74, 6) is 0.168. The van der Waals surface area contributed by atoms with E-state index in [1.165, 1.54) is 0 Å². The fraction of sp³-hybridized carbons (Fsp3) is 0.471. The molecule has 1 atom stereocenters. The first-order valence-corrected chi connectivity index (χ1v) is 8.26. The third-order valence-electron chi connectivity index (χ3n) is 3.62. The summed E-state index contributed by atoms with van der Waals surface area (Å²) in [6, 6.07) is 6.41. The maximum absolute atomic E-state index is 12.2. The third-order valence-corrected chi connectivity index (χ3v) is 3.62. The SMILES string of the molecule is CCOC(=O)CNC(=O)NC1CC(=O)N(c2ccc(OCC)cc2)C1. The highest BCUT2D eigenvalue weighted by atomic mass is 16.5. The highest BCUT2D eigenvalue weighted by Gasteiger charge is 2.31. The lowest BCUT2D eigenvalue weighted by atomic mass is 10.2. The molecule has 3 amide bonds. The van der Waals surface area contributed by atoms with Crippen LogP contribution in [0.2, 0.25) is 0 Å². The van der Waals surface area contributed by atoms with Crippen LogP contribution < -0.4 is 20.3 Å². The van der Waals surface area contributed by atoms with Crippen molar-refractivity contribution in [1.82, 2.24) is 10.6 Å². The molecule has 136 valence electrons. The molecule has 1 heterocycles. The molecule has 2 rings (SSSR count). The van der Waals surface area contributed by atoms with Gasteiger partial charge in [0.05, 0.1) is 19.3 Å². The normalized spacial score (nSPS) is 16.5. The van der Waals surface area contributed by atoms with Crippen molar-refractivity contribution in [3.8, 4) is 5.75 Å². The van der Waals surface area contributed by atoms with Crippen LogP contribution in [-0.2, 0) is 14.3 Å². The molecule has 1 aromatic rings. The lowest BCUT2D eigenvalue weighted by molar-refractivity contribution is -0.141. The number of amides is 3. The van der Waals surface area contributed by atoms with E-state index in [9.17, 15) is 14.4 Å². The third kappa shape index (κ3) is 5.37. The average molecular weight is 349 g/mol. The van der Waals surface area contributed by atoms with Gasteiger partial charge in [0.25, 0.3) is 0 Å². The second-order valence-electron chi connectivity index (χ2n) is 5.46. The largest absolute Gasteiger partial charge is 0.494 e. The van der Waals surface area contributed by atoms with Crippen LogP contribution in [0.15, 0.2) is 24.3 Å². The summed E-state index contributed by atoms with van der Waals surface area (Å²) in [4.78, 5) is 36.8. The van der Waals surface area contributed by atoms with Crippen molar-refractivity contribution >= 4 is 23.6 Å². The van der Waals surface area contributed by atoms with Crippen LogP contribution in [-0.4, -0.2) is 50.3 Å². The van der Waals surface area contributed by atoms with E-state index in [4.69, 9.17) is 9.47 Å². The van der Waals surface area contributed by atoms with Crippen LogP contribution in [0.1, 0.15) is 20.3 Å². The quantitative estimate of drug-likeness (QED) is 0.717. The summed E-state index contributed by atoms with van der Waals surface area (Å²) < 4.78 is 10.1. The van der Waals surface area contributed by atoms with Gasteiger partial charge in [-0.05, 0) is 38.1 Å². The number of anilines is 1. The maximum Gasteiger partial charge on any atom is 0.325 e. The molecule has 1 aromatic carbocycles. The number of carbonyl (C=O) groups is 3. The van der Waals surface area contributed by atoms with Gasteiger partial charge in [0.1, 0.15) is 12.3 Å². The predicted octanol–water partition coefficient (Wildman–Crippen LogP) is 1.05. The molecule has 25 heavy (non-hydrogen) atoms. The Labute approximate surface area is 146 Å². The van der Waals surface area contributed by atoms with Crippen LogP contribution in [0, 0.1) is 0 Å². The number of urea groups is 1. The van der Waals surface area contributed by atoms with Gasteiger partial charge < -0.3 is 25.0 Å². The van der Waals surface area contributed by atoms with Crippen molar-refractivity contribution in [2.45, 2.75) is 26.3 Å². The van der Waals surface area contributed by atoms with E-state index >= 15 is 0 Å². The fourth-order valence-electron chi connectivity index (χ4n) is 2.54. The minimum atomic E-state index is -0.504. The van der Waals surface area contributed by atoms with Crippen molar-refractivity contribution in [3.05, 3.63) is 24.3 Å². The number of esters is 1. The molecule has 8 heteroatoms. The molecule has 0 spiro atoms. The standard InChI is InChI=1S/C17H23N3O5/c1-3-24-14-7-5-13(6-8-14)20-11-12(9-15(20)21)19-17(23)18-10-16(22)25-4-2/h5-8,12H,3-4,9-11H2,1-2H3,(H2,18,19,23). The molecular formula is C17H23N3O5. The van der Waals surface area contributed by atoms with Gasteiger partial charge in [0.15, 0.2) is 0 Å². The van der Waals surface area contributed by atoms with Gasteiger partial charge >= 0.3 is 12.0 Å². The first-order chi connectivity index (χ1) is 12.0. The zero-order valence-electron chi connectivity index (χ0n) is 14.4. The minimum absolute atomic E-state index is 0.0696. The molecule has 2 N–H and O–H groups in total. The zero-order chi connectivity index (χ0) is 18.2. The van der Waals surface area contributed by atoms with Crippen LogP contribution >= 0.6 is 0 Å². The summed E-state index contributed by atoms with van der Waals surface area (Å²) >= 11 is 0. The second-order valence-corrected chi connectivity index (χ2v) is 5.46. The van der Waals surface area contributed by atoms with Gasteiger partial charge in [0, 0.05) is 18.7 Å². The molecule has 0 radical (unpaired) electrons. The van der Waals surface area contributed by atoms with E-state index in [-0.39, 0.29) is 31.5 Å². The summed E-state index contributed by atoms with van der Waals surface area (Å²) in [6.45, 7) is 4.60. The van der Waals surface area contributed by atoms with Crippen LogP contribution in [0.5, 0.6) is 5.75 Å². The van der Waals surface area contributed by atoms with Crippen molar-refractivity contribution < 1.29 is 23.9 Å². The monoisotopic (exact) mass is 349 g/mol. The Bertz CT molecular complexity index is 617. The van der Waals surface area contributed by atoms with Crippen LogP contribution in [0.3, 0.4) is 0 Å². The smallest absolute Gasteiger partial charge is 0.325 e. The van der Waals surface area contributed by atoms with E-state index in [0.717, 1.165) is 11.4 Å². The van der Waals surface area contributed by atoms with Gasteiger partial charge in [-0.3, -0.25) is 9.59 Å². The van der Waals surface area contributed by atoms with E-state index in [1.54, 1.807) is 24.0 Å². The average Bonchev–Trinajstić information content (AvgIpc) is 2.94. The highest BCUT2D eigenvalue weighted by molar-refractivity contribution is 5.96. The molecule has 8 nitrogen and oxygen atoms in total. The first kappa shape index (κ1) is 18.6. The molecule has 1 aliphatic heterocycles. The molecule has 1 unspecified atom stereocenters. The van der Waals surface area contributed by atoms with Gasteiger partial charge in [-0.2, -0.15) is 0 Å². The number of carbonyl (C=O) groups excluding carboxylic acids is 3. The molecule has 1 fully saturated rings. The summed E-state index contributed by atoms with van der Waals surface area (Å²) in [5.41, 5.74) is 0.754. The van der Waals surface area contributed by atoms with Gasteiger partial charge in [0.2, 0.25) is 5.91 Å². The topological polar surface area (TPSA) is 97.0 Å². The van der Waals surface area contributed by atoms with Crippen LogP contribution in [0.25, 0.3) is 0 Å². The summed E-state index contributed by atoms with van der Waals surface area (Å²) in [5, 5.41) is 5.11. The second kappa shape index (κ2) is 8.91. The highest BCUT2D eigenvalue weighted by Crippen LogP contribution is 2.24. The molecule has 0 aromatic heterocycles. The van der Waals surface area contributed by atoms with Crippen molar-refractivity contribution in [2.75, 3.05) is 31.2 Å². The minimum Gasteiger partial charge on any atom is -0.494 e. The lowest BCUT2D eigenvalue weighted by Crippen LogP contribution is -2.45. The number of benzene rings is 1. The van der Waals surface area contributed by atoms with E-state index < -0.39 is 12.0 Å². The number of hydrogen-bond donors (Lipinski definition) is 2. The van der Waals surface area contributed by atoms with Gasteiger partial charge in [-0.25, -0.2) is 4.79 Å². The molecule has 1 aliphatic rings. The number of ether oxygens (including phenoxy) is 2. The Morgan fingerprint density at radius 3 is 2.56 bits per heavy atom. The van der Waals surface area contributed by atoms with E-state index in [1.807, 2.05) is 19.1 Å². The summed E-state index contributed by atoms with van der Waals surface area (Å²) in [6.07, 6.45) is 0.208. The number of nitrogens with zero attached hydrogens (tertiary/aromatic N) is 1. The molecule has 0 bridgehead atoms. The molecule has 0 aliphatic carbocycles. The van der Waals surface area contributed by atoms with E-state index in [0.29, 0.717) is 13.2 Å². The molecular weight excluding hydrogens is 326 g/mol. The number of hydrogen-bond acceptors (Lipinski definition) is 5. The maximum atomic E-state index is 12.2. The zero-order valence-corrected chi connectivity index (χ0v) is 14.4. The Morgan fingerprint density at radius 2 is 1.92 bits per heavy atom. The summed E-state index contributed by atoms with van der Waals surface area (Å²) in [7, 11) is 0. The Morgan fingerprint density at radius 1 is 1.20 bits per heavy atom. The van der Waals surface area contributed by atoms with Crippen molar-refractivity contribution in [2.24, 2.45) is 0 Å². The van der Waals surface area contributed by atoms with E-state index in [2.05, 4.69) is 10.6 Å². The molecule has 1 saturated heterocycles. The Kier molecular flexibility index (Phi) is 6.62. The fourth-order valence-corrected chi connectivity index (χ4v) is 2.54. The van der Waals surface area contributed by atoms with Crippen molar-refractivity contribution in [1.29, 1.82) is 0 Å². The Hall–Kier alpha value is -2.77. The van der Waals surface area contributed by atoms with Gasteiger partial charge in [-0.1, -0.05) is 0 Å². The lowest BCUT2D eigenvalue weighted by Gasteiger charge is -2.18. The first-order valence-electron chi connectivity index (χ1n) is 8.26. The van der Waals surface area contributed by atoms with Gasteiger partial charge in [-0.15, -0.1) is 0 Å². The number of nitrogens with one attached hydrogen (secondary N) is 2. The number of rotatable bonds is 7. The Balaban J connectivity index is 1.85. The predicted molar refractivity (Wildman–Crippen MR) is 91.5 cm³/mol.